The molecule has 1 unspecified atom stereocenters. The smallest absolute Gasteiger partial charge is 0.136 e. The predicted molar refractivity (Wildman–Crippen MR) is 110 cm³/mol. The second kappa shape index (κ2) is 6.65. The molecule has 0 spiro atoms. The SMILES string of the molecule is O[C@@]1(c2ccccc2)CCN(c2nccc3ccccc23)C2CCCC[C@H]21. The second-order valence-corrected chi connectivity index (χ2v) is 8.05. The summed E-state index contributed by atoms with van der Waals surface area (Å²) in [6.07, 6.45) is 7.32. The van der Waals surface area contributed by atoms with Crippen LogP contribution in [0.1, 0.15) is 37.7 Å². The molecule has 138 valence electrons. The number of hydrogen-bond donors (Lipinski definition) is 1. The fourth-order valence-corrected chi connectivity index (χ4v) is 5.36. The highest BCUT2D eigenvalue weighted by molar-refractivity contribution is 5.92. The first-order chi connectivity index (χ1) is 13.3. The van der Waals surface area contributed by atoms with E-state index in [-0.39, 0.29) is 5.92 Å². The van der Waals surface area contributed by atoms with Gasteiger partial charge in [0.25, 0.3) is 0 Å². The van der Waals surface area contributed by atoms with Crippen molar-refractivity contribution in [3.8, 4) is 0 Å². The fourth-order valence-electron chi connectivity index (χ4n) is 5.36. The van der Waals surface area contributed by atoms with Crippen LogP contribution in [0.2, 0.25) is 0 Å². The zero-order valence-electron chi connectivity index (χ0n) is 15.6. The Morgan fingerprint density at radius 1 is 0.926 bits per heavy atom. The van der Waals surface area contributed by atoms with Crippen LogP contribution in [-0.4, -0.2) is 22.7 Å². The molecule has 3 aromatic rings. The van der Waals surface area contributed by atoms with Crippen LogP contribution in [0, 0.1) is 5.92 Å². The maximum Gasteiger partial charge on any atom is 0.136 e. The van der Waals surface area contributed by atoms with Gasteiger partial charge in [0.2, 0.25) is 0 Å². The molecule has 2 aromatic carbocycles. The molecular weight excluding hydrogens is 332 g/mol. The van der Waals surface area contributed by atoms with Crippen molar-refractivity contribution < 1.29 is 5.11 Å². The summed E-state index contributed by atoms with van der Waals surface area (Å²) < 4.78 is 0. The van der Waals surface area contributed by atoms with Crippen molar-refractivity contribution in [3.05, 3.63) is 72.4 Å². The van der Waals surface area contributed by atoms with Crippen molar-refractivity contribution in [2.45, 2.75) is 43.7 Å². The first-order valence-corrected chi connectivity index (χ1v) is 10.2. The van der Waals surface area contributed by atoms with Gasteiger partial charge in [0.15, 0.2) is 0 Å². The van der Waals surface area contributed by atoms with Crippen molar-refractivity contribution in [1.29, 1.82) is 0 Å². The number of nitrogens with zero attached hydrogens (tertiary/aromatic N) is 2. The zero-order chi connectivity index (χ0) is 18.3. The van der Waals surface area contributed by atoms with Crippen LogP contribution in [0.15, 0.2) is 66.9 Å². The Morgan fingerprint density at radius 3 is 2.59 bits per heavy atom. The number of fused-ring (bicyclic) bond motifs is 2. The molecule has 2 fully saturated rings. The lowest BCUT2D eigenvalue weighted by atomic mass is 9.66. The largest absolute Gasteiger partial charge is 0.385 e. The molecule has 1 aliphatic heterocycles. The standard InChI is InChI=1S/C24H26N2O/c27-24(19-9-2-1-3-10-19)15-17-26(22-13-7-6-12-21(22)24)23-20-11-5-4-8-18(20)14-16-25-23/h1-5,8-11,14,16,21-22,27H,6-7,12-13,15,17H2/t21-,22?,24-/m1/s1. The molecule has 0 amide bonds. The summed E-state index contributed by atoms with van der Waals surface area (Å²) in [5.41, 5.74) is 0.348. The van der Waals surface area contributed by atoms with Crippen LogP contribution in [0.3, 0.4) is 0 Å². The fraction of sp³-hybridized carbons (Fsp3) is 0.375. The monoisotopic (exact) mass is 358 g/mol. The molecule has 3 heteroatoms. The van der Waals surface area contributed by atoms with Crippen LogP contribution in [-0.2, 0) is 5.60 Å². The van der Waals surface area contributed by atoms with Gasteiger partial charge in [0.05, 0.1) is 5.60 Å². The minimum Gasteiger partial charge on any atom is -0.385 e. The van der Waals surface area contributed by atoms with E-state index in [0.29, 0.717) is 6.04 Å². The number of hydrogen-bond acceptors (Lipinski definition) is 3. The van der Waals surface area contributed by atoms with Gasteiger partial charge in [-0.05, 0) is 36.3 Å². The Balaban J connectivity index is 1.57. The molecule has 2 heterocycles. The van der Waals surface area contributed by atoms with E-state index in [4.69, 9.17) is 4.98 Å². The third kappa shape index (κ3) is 2.72. The molecule has 2 aliphatic rings. The van der Waals surface area contributed by atoms with Crippen LogP contribution in [0.5, 0.6) is 0 Å². The summed E-state index contributed by atoms with van der Waals surface area (Å²) >= 11 is 0. The highest BCUT2D eigenvalue weighted by atomic mass is 16.3. The van der Waals surface area contributed by atoms with Gasteiger partial charge in [-0.3, -0.25) is 0 Å². The van der Waals surface area contributed by atoms with Gasteiger partial charge in [0.1, 0.15) is 5.82 Å². The third-order valence-electron chi connectivity index (χ3n) is 6.68. The molecule has 0 bridgehead atoms. The van der Waals surface area contributed by atoms with Gasteiger partial charge in [-0.1, -0.05) is 67.4 Å². The Labute approximate surface area is 160 Å². The lowest BCUT2D eigenvalue weighted by Crippen LogP contribution is -2.57. The number of aliphatic hydroxyl groups is 1. The van der Waals surface area contributed by atoms with E-state index >= 15 is 0 Å². The lowest BCUT2D eigenvalue weighted by Gasteiger charge is -2.53. The van der Waals surface area contributed by atoms with Gasteiger partial charge in [-0.25, -0.2) is 4.98 Å². The van der Waals surface area contributed by atoms with Gasteiger partial charge in [0, 0.05) is 30.1 Å². The van der Waals surface area contributed by atoms with Crippen LogP contribution < -0.4 is 4.90 Å². The maximum atomic E-state index is 11.8. The summed E-state index contributed by atoms with van der Waals surface area (Å²) in [4.78, 5) is 7.28. The van der Waals surface area contributed by atoms with E-state index in [9.17, 15) is 5.11 Å². The zero-order valence-corrected chi connectivity index (χ0v) is 15.6. The predicted octanol–water partition coefficient (Wildman–Crippen LogP) is 4.89. The quantitative estimate of drug-likeness (QED) is 0.708. The first kappa shape index (κ1) is 16.8. The molecule has 3 nitrogen and oxygen atoms in total. The van der Waals surface area contributed by atoms with Crippen LogP contribution >= 0.6 is 0 Å². The van der Waals surface area contributed by atoms with Crippen molar-refractivity contribution in [2.24, 2.45) is 5.92 Å². The van der Waals surface area contributed by atoms with E-state index in [2.05, 4.69) is 47.4 Å². The minimum atomic E-state index is -0.729. The molecular formula is C24H26N2O. The number of benzene rings is 2. The van der Waals surface area contributed by atoms with Crippen LogP contribution in [0.25, 0.3) is 10.8 Å². The topological polar surface area (TPSA) is 36.4 Å². The number of aromatic nitrogens is 1. The van der Waals surface area contributed by atoms with Crippen molar-refractivity contribution in [3.63, 3.8) is 0 Å². The summed E-state index contributed by atoms with van der Waals surface area (Å²) in [5.74, 6) is 1.34. The van der Waals surface area contributed by atoms with E-state index in [0.717, 1.165) is 37.2 Å². The van der Waals surface area contributed by atoms with Gasteiger partial charge in [-0.2, -0.15) is 0 Å². The van der Waals surface area contributed by atoms with Gasteiger partial charge in [-0.15, -0.1) is 0 Å². The summed E-state index contributed by atoms with van der Waals surface area (Å²) in [7, 11) is 0. The molecule has 1 aromatic heterocycles. The number of piperidine rings is 1. The molecule has 3 atom stereocenters. The Kier molecular flexibility index (Phi) is 4.13. The number of pyridine rings is 1. The Bertz CT molecular complexity index is 936. The van der Waals surface area contributed by atoms with Crippen LogP contribution in [0.4, 0.5) is 5.82 Å². The molecule has 1 N–H and O–H groups in total. The first-order valence-electron chi connectivity index (χ1n) is 10.2. The molecule has 5 rings (SSSR count). The van der Waals surface area contributed by atoms with Crippen molar-refractivity contribution >= 4 is 16.6 Å². The summed E-state index contributed by atoms with van der Waals surface area (Å²) in [6.45, 7) is 0.841. The third-order valence-corrected chi connectivity index (χ3v) is 6.68. The van der Waals surface area contributed by atoms with E-state index in [1.807, 2.05) is 24.4 Å². The minimum absolute atomic E-state index is 0.253. The van der Waals surface area contributed by atoms with Gasteiger partial charge >= 0.3 is 0 Å². The average Bonchev–Trinajstić information content (AvgIpc) is 2.75. The normalized spacial score (nSPS) is 28.1. The number of rotatable bonds is 2. The highest BCUT2D eigenvalue weighted by Crippen LogP contribution is 2.48. The molecule has 27 heavy (non-hydrogen) atoms. The Morgan fingerprint density at radius 2 is 1.70 bits per heavy atom. The van der Waals surface area contributed by atoms with E-state index < -0.39 is 5.60 Å². The molecule has 1 saturated carbocycles. The summed E-state index contributed by atoms with van der Waals surface area (Å²) in [5, 5.41) is 14.2. The van der Waals surface area contributed by atoms with Crippen molar-refractivity contribution in [1.82, 2.24) is 4.98 Å². The maximum absolute atomic E-state index is 11.8. The molecule has 1 saturated heterocycles. The number of anilines is 1. The average molecular weight is 358 g/mol. The van der Waals surface area contributed by atoms with Crippen molar-refractivity contribution in [2.75, 3.05) is 11.4 Å². The molecule has 1 aliphatic carbocycles. The highest BCUT2D eigenvalue weighted by Gasteiger charge is 2.49. The van der Waals surface area contributed by atoms with E-state index in [1.165, 1.54) is 23.6 Å². The van der Waals surface area contributed by atoms with E-state index in [1.54, 1.807) is 0 Å². The van der Waals surface area contributed by atoms with Gasteiger partial charge < -0.3 is 10.0 Å². The molecule has 0 radical (unpaired) electrons. The second-order valence-electron chi connectivity index (χ2n) is 8.05. The Hall–Kier alpha value is -2.39. The lowest BCUT2D eigenvalue weighted by molar-refractivity contribution is -0.0690. The summed E-state index contributed by atoms with van der Waals surface area (Å²) in [6, 6.07) is 21.2.